The molecular weight excluding hydrogens is 188 g/mol. The minimum Gasteiger partial charge on any atom is -0.344 e. The molecule has 0 saturated carbocycles. The van der Waals surface area contributed by atoms with Crippen LogP contribution in [-0.2, 0) is 14.3 Å². The zero-order valence-corrected chi connectivity index (χ0v) is 8.36. The summed E-state index contributed by atoms with van der Waals surface area (Å²) in [6.07, 6.45) is 4.93. The van der Waals surface area contributed by atoms with Crippen LogP contribution in [-0.4, -0.2) is 31.0 Å². The molecule has 0 aromatic rings. The van der Waals surface area contributed by atoms with Crippen LogP contribution < -0.4 is 0 Å². The van der Waals surface area contributed by atoms with Gasteiger partial charge in [-0.25, -0.2) is 0 Å². The third kappa shape index (κ3) is 1.66. The standard InChI is InChI=1S/C9H12O3S/c1-13-8-6-9(3-2-7(8)10)11-4-5-12-9/h6H,2-5H2,1H3. The van der Waals surface area contributed by atoms with E-state index < -0.39 is 5.79 Å². The number of rotatable bonds is 1. The largest absolute Gasteiger partial charge is 0.344 e. The summed E-state index contributed by atoms with van der Waals surface area (Å²) >= 11 is 1.47. The summed E-state index contributed by atoms with van der Waals surface area (Å²) < 4.78 is 11.0. The summed E-state index contributed by atoms with van der Waals surface area (Å²) in [6.45, 7) is 1.26. The van der Waals surface area contributed by atoms with Crippen LogP contribution in [0.2, 0.25) is 0 Å². The monoisotopic (exact) mass is 200 g/mol. The Bertz CT molecular complexity index is 254. The van der Waals surface area contributed by atoms with Crippen LogP contribution in [0.1, 0.15) is 12.8 Å². The normalized spacial score (nSPS) is 26.5. The van der Waals surface area contributed by atoms with Gasteiger partial charge in [0.05, 0.1) is 18.1 Å². The van der Waals surface area contributed by atoms with Crippen molar-refractivity contribution in [2.45, 2.75) is 18.6 Å². The van der Waals surface area contributed by atoms with Gasteiger partial charge in [-0.1, -0.05) is 0 Å². The van der Waals surface area contributed by atoms with Crippen LogP contribution >= 0.6 is 11.8 Å². The van der Waals surface area contributed by atoms with Gasteiger partial charge in [0.2, 0.25) is 0 Å². The second kappa shape index (κ2) is 3.44. The van der Waals surface area contributed by atoms with E-state index in [0.29, 0.717) is 26.1 Å². The molecule has 0 unspecified atom stereocenters. The van der Waals surface area contributed by atoms with Gasteiger partial charge in [-0.2, -0.15) is 0 Å². The van der Waals surface area contributed by atoms with E-state index in [4.69, 9.17) is 9.47 Å². The lowest BCUT2D eigenvalue weighted by Crippen LogP contribution is -2.32. The first-order valence-corrected chi connectivity index (χ1v) is 5.56. The van der Waals surface area contributed by atoms with Crippen molar-refractivity contribution in [2.24, 2.45) is 0 Å². The maximum absolute atomic E-state index is 11.4. The van der Waals surface area contributed by atoms with Gasteiger partial charge in [0, 0.05) is 12.8 Å². The minimum atomic E-state index is -0.577. The highest BCUT2D eigenvalue weighted by atomic mass is 32.2. The fourth-order valence-electron chi connectivity index (χ4n) is 1.63. The molecule has 72 valence electrons. The van der Waals surface area contributed by atoms with E-state index in [1.165, 1.54) is 11.8 Å². The average molecular weight is 200 g/mol. The van der Waals surface area contributed by atoms with Crippen molar-refractivity contribution in [1.29, 1.82) is 0 Å². The quantitative estimate of drug-likeness (QED) is 0.640. The van der Waals surface area contributed by atoms with E-state index in [-0.39, 0.29) is 5.78 Å². The average Bonchev–Trinajstić information content (AvgIpc) is 2.59. The highest BCUT2D eigenvalue weighted by Gasteiger charge is 2.38. The molecule has 0 amide bonds. The van der Waals surface area contributed by atoms with Gasteiger partial charge in [-0.15, -0.1) is 11.8 Å². The Morgan fingerprint density at radius 3 is 2.77 bits per heavy atom. The predicted molar refractivity (Wildman–Crippen MR) is 50.5 cm³/mol. The summed E-state index contributed by atoms with van der Waals surface area (Å²) in [7, 11) is 0. The molecule has 1 spiro atoms. The highest BCUT2D eigenvalue weighted by Crippen LogP contribution is 2.35. The maximum atomic E-state index is 11.4. The summed E-state index contributed by atoms with van der Waals surface area (Å²) in [4.78, 5) is 12.1. The number of thioether (sulfide) groups is 1. The first-order valence-electron chi connectivity index (χ1n) is 4.34. The molecule has 0 bridgehead atoms. The molecule has 1 aliphatic heterocycles. The third-order valence-electron chi connectivity index (χ3n) is 2.32. The molecular formula is C9H12O3S. The number of hydrogen-bond acceptors (Lipinski definition) is 4. The van der Waals surface area contributed by atoms with Crippen molar-refractivity contribution >= 4 is 17.5 Å². The van der Waals surface area contributed by atoms with Gasteiger partial charge in [-0.3, -0.25) is 4.79 Å². The van der Waals surface area contributed by atoms with Crippen LogP contribution in [0.3, 0.4) is 0 Å². The molecule has 2 rings (SSSR count). The van der Waals surface area contributed by atoms with Crippen LogP contribution in [0, 0.1) is 0 Å². The molecule has 1 heterocycles. The summed E-state index contributed by atoms with van der Waals surface area (Å²) in [6, 6.07) is 0. The van der Waals surface area contributed by atoms with Crippen molar-refractivity contribution < 1.29 is 14.3 Å². The predicted octanol–water partition coefficient (Wildman–Crippen LogP) is 1.34. The Morgan fingerprint density at radius 1 is 1.46 bits per heavy atom. The number of ketones is 1. The fraction of sp³-hybridized carbons (Fsp3) is 0.667. The molecule has 0 aromatic carbocycles. The van der Waals surface area contributed by atoms with Gasteiger partial charge < -0.3 is 9.47 Å². The number of carbonyl (C=O) groups excluding carboxylic acids is 1. The second-order valence-electron chi connectivity index (χ2n) is 3.14. The maximum Gasteiger partial charge on any atom is 0.189 e. The van der Waals surface area contributed by atoms with Gasteiger partial charge in [0.25, 0.3) is 0 Å². The van der Waals surface area contributed by atoms with Crippen molar-refractivity contribution in [1.82, 2.24) is 0 Å². The molecule has 0 radical (unpaired) electrons. The number of Topliss-reactive ketones (excluding diaryl/α,β-unsaturated/α-hetero) is 1. The van der Waals surface area contributed by atoms with E-state index in [9.17, 15) is 4.79 Å². The Morgan fingerprint density at radius 2 is 2.15 bits per heavy atom. The molecule has 0 aromatic heterocycles. The molecule has 1 fully saturated rings. The first-order chi connectivity index (χ1) is 6.26. The van der Waals surface area contributed by atoms with Crippen molar-refractivity contribution in [3.63, 3.8) is 0 Å². The summed E-state index contributed by atoms with van der Waals surface area (Å²) in [5.41, 5.74) is 0. The van der Waals surface area contributed by atoms with Crippen LogP contribution in [0.25, 0.3) is 0 Å². The number of allylic oxidation sites excluding steroid dienone is 1. The fourth-order valence-corrected chi connectivity index (χ4v) is 2.26. The van der Waals surface area contributed by atoms with E-state index in [2.05, 4.69) is 0 Å². The van der Waals surface area contributed by atoms with Crippen LogP contribution in [0.5, 0.6) is 0 Å². The minimum absolute atomic E-state index is 0.206. The zero-order valence-electron chi connectivity index (χ0n) is 7.54. The molecule has 4 heteroatoms. The molecule has 13 heavy (non-hydrogen) atoms. The van der Waals surface area contributed by atoms with Crippen molar-refractivity contribution in [2.75, 3.05) is 19.5 Å². The van der Waals surface area contributed by atoms with E-state index in [0.717, 1.165) is 4.91 Å². The molecule has 2 aliphatic rings. The van der Waals surface area contributed by atoms with E-state index >= 15 is 0 Å². The zero-order chi connectivity index (χ0) is 9.31. The van der Waals surface area contributed by atoms with Crippen molar-refractivity contribution in [3.8, 4) is 0 Å². The molecule has 0 atom stereocenters. The summed E-state index contributed by atoms with van der Waals surface area (Å²) in [5, 5.41) is 0. The Balaban J connectivity index is 2.23. The molecule has 1 aliphatic carbocycles. The van der Waals surface area contributed by atoms with E-state index in [1.54, 1.807) is 0 Å². The second-order valence-corrected chi connectivity index (χ2v) is 3.99. The van der Waals surface area contributed by atoms with Gasteiger partial charge in [0.15, 0.2) is 11.6 Å². The van der Waals surface area contributed by atoms with Gasteiger partial charge in [-0.05, 0) is 12.3 Å². The highest BCUT2D eigenvalue weighted by molar-refractivity contribution is 8.03. The Kier molecular flexibility index (Phi) is 2.45. The lowest BCUT2D eigenvalue weighted by Gasteiger charge is -2.27. The van der Waals surface area contributed by atoms with Gasteiger partial charge in [0.1, 0.15) is 0 Å². The first kappa shape index (κ1) is 9.24. The van der Waals surface area contributed by atoms with Crippen LogP contribution in [0.4, 0.5) is 0 Å². The topological polar surface area (TPSA) is 35.5 Å². The molecule has 1 saturated heterocycles. The van der Waals surface area contributed by atoms with Crippen molar-refractivity contribution in [3.05, 3.63) is 11.0 Å². The van der Waals surface area contributed by atoms with Crippen LogP contribution in [0.15, 0.2) is 11.0 Å². The molecule has 0 N–H and O–H groups in total. The summed E-state index contributed by atoms with van der Waals surface area (Å²) in [5.74, 6) is -0.371. The lowest BCUT2D eigenvalue weighted by atomic mass is 10.0. The third-order valence-corrected chi connectivity index (χ3v) is 3.11. The number of hydrogen-bond donors (Lipinski definition) is 0. The molecule has 3 nitrogen and oxygen atoms in total. The number of carbonyl (C=O) groups is 1. The Labute approximate surface area is 81.5 Å². The Hall–Kier alpha value is -0.320. The number of ether oxygens (including phenoxy) is 2. The lowest BCUT2D eigenvalue weighted by molar-refractivity contribution is -0.136. The SMILES string of the molecule is CSC1=CC2(CCC1=O)OCCO2. The van der Waals surface area contributed by atoms with E-state index in [1.807, 2.05) is 12.3 Å². The van der Waals surface area contributed by atoms with Gasteiger partial charge >= 0.3 is 0 Å². The smallest absolute Gasteiger partial charge is 0.189 e.